The van der Waals surface area contributed by atoms with Crippen molar-refractivity contribution in [2.75, 3.05) is 24.6 Å². The van der Waals surface area contributed by atoms with Gasteiger partial charge in [0.25, 0.3) is 0 Å². The summed E-state index contributed by atoms with van der Waals surface area (Å²) in [5.41, 5.74) is 0. The third-order valence-electron chi connectivity index (χ3n) is 2.25. The fourth-order valence-electron chi connectivity index (χ4n) is 1.31. The second-order valence-electron chi connectivity index (χ2n) is 3.48. The van der Waals surface area contributed by atoms with Crippen molar-refractivity contribution < 1.29 is 19.2 Å². The predicted octanol–water partition coefficient (Wildman–Crippen LogP) is 2.38. The second-order valence-corrected chi connectivity index (χ2v) is 6.18. The Bertz CT molecular complexity index is 439. The summed E-state index contributed by atoms with van der Waals surface area (Å²) in [5, 5.41) is 12.5. The molecule has 2 aliphatic heterocycles. The molecule has 0 aliphatic carbocycles. The monoisotopic (exact) mass is 316 g/mol. The predicted molar refractivity (Wildman–Crippen MR) is 69.6 cm³/mol. The summed E-state index contributed by atoms with van der Waals surface area (Å²) in [4.78, 5) is 46.2. The number of amides is 8. The number of carbonyl (C=O) groups excluding carboxylic acids is 4. The van der Waals surface area contributed by atoms with Crippen molar-refractivity contribution in [3.8, 4) is 0 Å². The van der Waals surface area contributed by atoms with Gasteiger partial charge in [0, 0.05) is 24.6 Å². The zero-order valence-electron chi connectivity index (χ0n) is 9.96. The molecule has 0 spiro atoms. The van der Waals surface area contributed by atoms with E-state index in [1.807, 2.05) is 0 Å². The lowest BCUT2D eigenvalue weighted by molar-refractivity contribution is 0.206. The molecule has 0 saturated heterocycles. The van der Waals surface area contributed by atoms with Crippen LogP contribution in [0.5, 0.6) is 0 Å². The highest BCUT2D eigenvalue weighted by molar-refractivity contribution is 8.76. The molecule has 0 radical (unpaired) electrons. The summed E-state index contributed by atoms with van der Waals surface area (Å²) in [5.74, 6) is 1.01. The van der Waals surface area contributed by atoms with Gasteiger partial charge >= 0.3 is 24.1 Å². The number of imide groups is 2. The van der Waals surface area contributed by atoms with Crippen LogP contribution in [-0.2, 0) is 0 Å². The van der Waals surface area contributed by atoms with Crippen molar-refractivity contribution in [3.63, 3.8) is 0 Å². The van der Waals surface area contributed by atoms with E-state index in [2.05, 4.69) is 20.5 Å². The van der Waals surface area contributed by atoms with E-state index in [0.717, 1.165) is 9.80 Å². The summed E-state index contributed by atoms with van der Waals surface area (Å²) >= 11 is 0. The standard InChI is InChI=1S/C8H8N6O4S2/c15-5-9-10-6(16)13(5)1-3-19-20-4-2-14-7(17)11-12-8(14)18/h1-4H2. The highest BCUT2D eigenvalue weighted by Crippen LogP contribution is 2.22. The minimum atomic E-state index is -0.655. The molecule has 0 fully saturated rings. The van der Waals surface area contributed by atoms with E-state index >= 15 is 0 Å². The molecule has 10 nitrogen and oxygen atoms in total. The van der Waals surface area contributed by atoms with Crippen LogP contribution in [0.1, 0.15) is 0 Å². The van der Waals surface area contributed by atoms with E-state index in [-0.39, 0.29) is 13.1 Å². The van der Waals surface area contributed by atoms with Crippen molar-refractivity contribution in [1.29, 1.82) is 0 Å². The van der Waals surface area contributed by atoms with Crippen molar-refractivity contribution in [2.24, 2.45) is 20.5 Å². The molecular weight excluding hydrogens is 308 g/mol. The molecule has 8 amide bonds. The van der Waals surface area contributed by atoms with Crippen molar-refractivity contribution in [3.05, 3.63) is 0 Å². The first-order valence-corrected chi connectivity index (χ1v) is 7.87. The van der Waals surface area contributed by atoms with Crippen LogP contribution in [0.4, 0.5) is 19.2 Å². The van der Waals surface area contributed by atoms with Crippen LogP contribution < -0.4 is 0 Å². The number of carbonyl (C=O) groups is 4. The van der Waals surface area contributed by atoms with Gasteiger partial charge in [-0.25, -0.2) is 29.0 Å². The van der Waals surface area contributed by atoms with Crippen molar-refractivity contribution in [1.82, 2.24) is 9.80 Å². The average Bonchev–Trinajstić information content (AvgIpc) is 2.90. The molecule has 0 aromatic rings. The van der Waals surface area contributed by atoms with Gasteiger partial charge in [-0.15, -0.1) is 0 Å². The van der Waals surface area contributed by atoms with Gasteiger partial charge in [-0.05, 0) is 0 Å². The Balaban J connectivity index is 1.56. The van der Waals surface area contributed by atoms with Gasteiger partial charge in [-0.3, -0.25) is 0 Å². The molecule has 0 bridgehead atoms. The summed E-state index contributed by atoms with van der Waals surface area (Å²) in [7, 11) is 2.81. The molecule has 0 atom stereocenters. The van der Waals surface area contributed by atoms with Gasteiger partial charge in [0.15, 0.2) is 0 Å². The topological polar surface area (TPSA) is 124 Å². The molecule has 0 unspecified atom stereocenters. The van der Waals surface area contributed by atoms with Crippen LogP contribution in [0, 0.1) is 0 Å². The van der Waals surface area contributed by atoms with Gasteiger partial charge in [-0.2, -0.15) is 0 Å². The average molecular weight is 316 g/mol. The van der Waals surface area contributed by atoms with Gasteiger partial charge in [0.2, 0.25) is 0 Å². The lowest BCUT2D eigenvalue weighted by Gasteiger charge is -2.11. The minimum absolute atomic E-state index is 0.217. The molecule has 2 heterocycles. The first-order chi connectivity index (χ1) is 9.59. The maximum absolute atomic E-state index is 11.1. The normalized spacial score (nSPS) is 18.0. The van der Waals surface area contributed by atoms with Crippen molar-refractivity contribution in [2.45, 2.75) is 0 Å². The number of rotatable bonds is 7. The second kappa shape index (κ2) is 6.56. The largest absolute Gasteiger partial charge is 0.370 e. The number of azo groups is 2. The molecular formula is C8H8N6O4S2. The molecule has 0 aromatic heterocycles. The molecule has 0 saturated carbocycles. The molecule has 20 heavy (non-hydrogen) atoms. The lowest BCUT2D eigenvalue weighted by atomic mass is 10.6. The maximum atomic E-state index is 11.1. The third kappa shape index (κ3) is 3.39. The van der Waals surface area contributed by atoms with Crippen LogP contribution in [0.3, 0.4) is 0 Å². The molecule has 0 aromatic carbocycles. The molecule has 106 valence electrons. The van der Waals surface area contributed by atoms with Crippen LogP contribution in [0.2, 0.25) is 0 Å². The van der Waals surface area contributed by atoms with E-state index in [0.29, 0.717) is 11.5 Å². The van der Waals surface area contributed by atoms with E-state index in [1.165, 1.54) is 21.6 Å². The quantitative estimate of drug-likeness (QED) is 0.524. The van der Waals surface area contributed by atoms with Crippen LogP contribution >= 0.6 is 21.6 Å². The smallest absolute Gasteiger partial charge is 0.244 e. The number of nitrogens with zero attached hydrogens (tertiary/aromatic N) is 6. The van der Waals surface area contributed by atoms with Gasteiger partial charge in [0.05, 0.1) is 0 Å². The Kier molecular flexibility index (Phi) is 4.79. The maximum Gasteiger partial charge on any atom is 0.370 e. The van der Waals surface area contributed by atoms with E-state index in [1.54, 1.807) is 0 Å². The van der Waals surface area contributed by atoms with Gasteiger partial charge in [-0.1, -0.05) is 42.0 Å². The van der Waals surface area contributed by atoms with E-state index in [9.17, 15) is 19.2 Å². The Hall–Kier alpha value is -1.82. The summed E-state index contributed by atoms with van der Waals surface area (Å²) in [6, 6.07) is -2.62. The first-order valence-electron chi connectivity index (χ1n) is 5.38. The van der Waals surface area contributed by atoms with Gasteiger partial charge in [0.1, 0.15) is 0 Å². The fourth-order valence-corrected chi connectivity index (χ4v) is 3.21. The Morgan fingerprint density at radius 2 is 0.950 bits per heavy atom. The number of urea groups is 4. The van der Waals surface area contributed by atoms with Crippen molar-refractivity contribution >= 4 is 45.7 Å². The fraction of sp³-hybridized carbons (Fsp3) is 0.500. The van der Waals surface area contributed by atoms with E-state index in [4.69, 9.17) is 0 Å². The number of hydrogen-bond donors (Lipinski definition) is 0. The highest BCUT2D eigenvalue weighted by Gasteiger charge is 2.27. The van der Waals surface area contributed by atoms with Crippen LogP contribution in [-0.4, -0.2) is 58.5 Å². The Morgan fingerprint density at radius 1 is 0.650 bits per heavy atom. The molecule has 2 rings (SSSR count). The summed E-state index contributed by atoms with van der Waals surface area (Å²) in [6.07, 6.45) is 0. The number of hydrogen-bond acceptors (Lipinski definition) is 6. The van der Waals surface area contributed by atoms with E-state index < -0.39 is 24.1 Å². The minimum Gasteiger partial charge on any atom is -0.244 e. The zero-order chi connectivity index (χ0) is 14.5. The molecule has 12 heteroatoms. The van der Waals surface area contributed by atoms with Gasteiger partial charge < -0.3 is 0 Å². The zero-order valence-corrected chi connectivity index (χ0v) is 11.6. The van der Waals surface area contributed by atoms with Crippen LogP contribution in [0.25, 0.3) is 0 Å². The first kappa shape index (κ1) is 14.6. The summed E-state index contributed by atoms with van der Waals surface area (Å²) < 4.78 is 0. The Morgan fingerprint density at radius 3 is 1.25 bits per heavy atom. The van der Waals surface area contributed by atoms with Crippen LogP contribution in [0.15, 0.2) is 20.5 Å². The molecule has 2 aliphatic rings. The summed E-state index contributed by atoms with van der Waals surface area (Å²) in [6.45, 7) is 0.434. The third-order valence-corrected chi connectivity index (χ3v) is 4.61. The lowest BCUT2D eigenvalue weighted by Crippen LogP contribution is -2.30. The Labute approximate surface area is 120 Å². The highest BCUT2D eigenvalue weighted by atomic mass is 33.1. The molecule has 0 N–H and O–H groups in total. The SMILES string of the molecule is O=C1N=NC(=O)N1CCSSCCN1C(=O)N=NC1=O.